The van der Waals surface area contributed by atoms with Gasteiger partial charge in [-0.1, -0.05) is 27.7 Å². The smallest absolute Gasteiger partial charge is 0.305 e. The Morgan fingerprint density at radius 1 is 1.23 bits per heavy atom. The van der Waals surface area contributed by atoms with Crippen LogP contribution in [-0.2, 0) is 9.53 Å². The summed E-state index contributed by atoms with van der Waals surface area (Å²) >= 11 is 0. The van der Waals surface area contributed by atoms with Crippen LogP contribution in [0.15, 0.2) is 0 Å². The minimum Gasteiger partial charge on any atom is -0.469 e. The van der Waals surface area contributed by atoms with Crippen LogP contribution in [0, 0.1) is 0 Å². The molecule has 0 amide bonds. The first kappa shape index (κ1) is 12.9. The van der Waals surface area contributed by atoms with Crippen LogP contribution in [0.4, 0.5) is 0 Å². The van der Waals surface area contributed by atoms with E-state index in [0.29, 0.717) is 17.7 Å². The van der Waals surface area contributed by atoms with E-state index in [1.165, 1.54) is 7.11 Å². The van der Waals surface area contributed by atoms with Gasteiger partial charge in [0.15, 0.2) is 0 Å². The molecule has 0 saturated carbocycles. The first-order valence-corrected chi connectivity index (χ1v) is 6.48. The van der Waals surface area contributed by atoms with E-state index in [2.05, 4.69) is 32.4 Å². The average Bonchev–Trinajstić information content (AvgIpc) is 2.03. The molecule has 0 N–H and O–H groups in total. The monoisotopic (exact) mass is 204 g/mol. The van der Waals surface area contributed by atoms with E-state index >= 15 is 0 Å². The van der Waals surface area contributed by atoms with E-state index in [4.69, 9.17) is 0 Å². The zero-order chi connectivity index (χ0) is 10.4. The Morgan fingerprint density at radius 2 is 1.69 bits per heavy atom. The van der Waals surface area contributed by atoms with Crippen molar-refractivity contribution in [2.75, 3.05) is 13.3 Å². The molecule has 0 fully saturated rings. The van der Waals surface area contributed by atoms with Crippen molar-refractivity contribution in [2.45, 2.75) is 45.4 Å². The molecule has 0 spiro atoms. The van der Waals surface area contributed by atoms with Crippen molar-refractivity contribution in [1.29, 1.82) is 0 Å². The summed E-state index contributed by atoms with van der Waals surface area (Å²) in [5, 5.41) is 0. The molecule has 0 aliphatic rings. The van der Waals surface area contributed by atoms with Gasteiger partial charge < -0.3 is 4.74 Å². The maximum Gasteiger partial charge on any atom is 0.305 e. The number of hydrogen-bond acceptors (Lipinski definition) is 2. The number of hydrogen-bond donors (Lipinski definition) is 0. The predicted molar refractivity (Wildman–Crippen MR) is 58.7 cm³/mol. The third-order valence-electron chi connectivity index (χ3n) is 2.13. The van der Waals surface area contributed by atoms with Crippen molar-refractivity contribution in [2.24, 2.45) is 0 Å². The summed E-state index contributed by atoms with van der Waals surface area (Å²) in [6, 6.07) is 0. The summed E-state index contributed by atoms with van der Waals surface area (Å²) in [4.78, 5) is 10.9. The Kier molecular flexibility index (Phi) is 6.32. The molecule has 0 rings (SSSR count). The van der Waals surface area contributed by atoms with Crippen LogP contribution in [0.2, 0.25) is 0 Å². The van der Waals surface area contributed by atoms with E-state index in [0.717, 1.165) is 6.16 Å². The first-order valence-electron chi connectivity index (χ1n) is 4.81. The van der Waals surface area contributed by atoms with Crippen molar-refractivity contribution in [3.05, 3.63) is 0 Å². The van der Waals surface area contributed by atoms with Crippen LogP contribution in [0.3, 0.4) is 0 Å². The predicted octanol–water partition coefficient (Wildman–Crippen LogP) is 2.85. The quantitative estimate of drug-likeness (QED) is 0.508. The van der Waals surface area contributed by atoms with Crippen molar-refractivity contribution in [3.63, 3.8) is 0 Å². The number of carbonyl (C=O) groups is 1. The lowest BCUT2D eigenvalue weighted by Crippen LogP contribution is -2.10. The molecule has 0 unspecified atom stereocenters. The topological polar surface area (TPSA) is 26.3 Å². The third-order valence-corrected chi connectivity index (χ3v) is 5.52. The highest BCUT2D eigenvalue weighted by atomic mass is 31.1. The second kappa shape index (κ2) is 6.37. The molecule has 0 saturated heterocycles. The van der Waals surface area contributed by atoms with Gasteiger partial charge in [-0.05, 0) is 17.5 Å². The van der Waals surface area contributed by atoms with Gasteiger partial charge in [-0.15, -0.1) is 7.92 Å². The number of methoxy groups -OCH3 is 1. The van der Waals surface area contributed by atoms with Gasteiger partial charge in [0.1, 0.15) is 0 Å². The Labute approximate surface area is 82.8 Å². The lowest BCUT2D eigenvalue weighted by Gasteiger charge is -2.25. The normalized spacial score (nSPS) is 11.4. The van der Waals surface area contributed by atoms with Gasteiger partial charge in [0.2, 0.25) is 0 Å². The van der Waals surface area contributed by atoms with E-state index in [-0.39, 0.29) is 13.9 Å². The summed E-state index contributed by atoms with van der Waals surface area (Å²) in [5.41, 5.74) is 1.42. The summed E-state index contributed by atoms with van der Waals surface area (Å²) < 4.78 is 4.63. The van der Waals surface area contributed by atoms with Crippen molar-refractivity contribution >= 4 is 13.9 Å². The van der Waals surface area contributed by atoms with E-state index < -0.39 is 0 Å². The van der Waals surface area contributed by atoms with Crippen LogP contribution >= 0.6 is 7.92 Å². The average molecular weight is 204 g/mol. The summed E-state index contributed by atoms with van der Waals surface area (Å²) in [5.74, 6) is -0.0752. The van der Waals surface area contributed by atoms with Crippen molar-refractivity contribution in [3.8, 4) is 0 Å². The minimum absolute atomic E-state index is 0.0177. The summed E-state index contributed by atoms with van der Waals surface area (Å²) in [6.07, 6.45) is 1.59. The lowest BCUT2D eigenvalue weighted by molar-refractivity contribution is -0.140. The molecule has 0 aromatic rings. The van der Waals surface area contributed by atoms with E-state index in [9.17, 15) is 4.79 Å². The van der Waals surface area contributed by atoms with Crippen LogP contribution in [0.1, 0.15) is 34.1 Å². The highest BCUT2D eigenvalue weighted by Gasteiger charge is 2.17. The highest BCUT2D eigenvalue weighted by molar-refractivity contribution is 7.59. The third kappa shape index (κ3) is 5.25. The second-order valence-corrected chi connectivity index (χ2v) is 7.29. The number of rotatable bonds is 5. The van der Waals surface area contributed by atoms with Crippen LogP contribution in [-0.4, -0.2) is 30.6 Å². The van der Waals surface area contributed by atoms with Gasteiger partial charge in [0.05, 0.1) is 7.11 Å². The van der Waals surface area contributed by atoms with Gasteiger partial charge in [-0.25, -0.2) is 0 Å². The van der Waals surface area contributed by atoms with Crippen molar-refractivity contribution < 1.29 is 9.53 Å². The zero-order valence-corrected chi connectivity index (χ0v) is 10.2. The Balaban J connectivity index is 3.90. The fourth-order valence-corrected chi connectivity index (χ4v) is 4.10. The van der Waals surface area contributed by atoms with Gasteiger partial charge in [0, 0.05) is 6.42 Å². The number of carbonyl (C=O) groups excluding carboxylic acids is 1. The molecular formula is C10H21O2P. The van der Waals surface area contributed by atoms with Gasteiger partial charge in [0.25, 0.3) is 0 Å². The maximum absolute atomic E-state index is 10.9. The van der Waals surface area contributed by atoms with Gasteiger partial charge >= 0.3 is 5.97 Å². The van der Waals surface area contributed by atoms with Gasteiger partial charge in [-0.3, -0.25) is 4.79 Å². The molecule has 0 heterocycles. The molecule has 0 aromatic heterocycles. The Morgan fingerprint density at radius 3 is 2.00 bits per heavy atom. The molecule has 0 aliphatic carbocycles. The minimum atomic E-state index is -0.0752. The second-order valence-electron chi connectivity index (χ2n) is 3.75. The highest BCUT2D eigenvalue weighted by Crippen LogP contribution is 2.46. The molecule has 78 valence electrons. The molecule has 2 nitrogen and oxygen atoms in total. The fourth-order valence-electron chi connectivity index (χ4n) is 1.44. The molecule has 13 heavy (non-hydrogen) atoms. The fraction of sp³-hybridized carbons (Fsp3) is 0.900. The Hall–Kier alpha value is -0.100. The molecule has 0 bridgehead atoms. The van der Waals surface area contributed by atoms with Crippen LogP contribution in [0.5, 0.6) is 0 Å². The van der Waals surface area contributed by atoms with Crippen LogP contribution in [0.25, 0.3) is 0 Å². The largest absolute Gasteiger partial charge is 0.469 e. The molecule has 0 atom stereocenters. The van der Waals surface area contributed by atoms with Gasteiger partial charge in [-0.2, -0.15) is 0 Å². The molecule has 0 aromatic carbocycles. The lowest BCUT2D eigenvalue weighted by atomic mass is 10.5. The molecular weight excluding hydrogens is 183 g/mol. The Bertz CT molecular complexity index is 147. The maximum atomic E-state index is 10.9. The standard InChI is InChI=1S/C10H21O2P/c1-8(2)13(9(3)4)7-6-10(11)12-5/h8-9H,6-7H2,1-5H3. The van der Waals surface area contributed by atoms with E-state index in [1.54, 1.807) is 0 Å². The van der Waals surface area contributed by atoms with Crippen LogP contribution < -0.4 is 0 Å². The van der Waals surface area contributed by atoms with E-state index in [1.807, 2.05) is 0 Å². The van der Waals surface area contributed by atoms with Crippen molar-refractivity contribution in [1.82, 2.24) is 0 Å². The molecule has 3 heteroatoms. The number of esters is 1. The zero-order valence-electron chi connectivity index (χ0n) is 9.33. The summed E-state index contributed by atoms with van der Waals surface area (Å²) in [7, 11) is 1.44. The SMILES string of the molecule is COC(=O)CCP(C(C)C)C(C)C. The summed E-state index contributed by atoms with van der Waals surface area (Å²) in [6.45, 7) is 8.96. The molecule has 0 aliphatic heterocycles. The first-order chi connectivity index (χ1) is 5.99. The molecule has 0 radical (unpaired) electrons. The number of ether oxygens (including phenoxy) is 1.